The molecule has 3 rings (SSSR count). The average Bonchev–Trinajstić information content (AvgIpc) is 3.15. The number of anilines is 1. The average molecular weight is 388 g/mol. The zero-order valence-corrected chi connectivity index (χ0v) is 15.7. The largest absolute Gasteiger partial charge is 0.458 e. The van der Waals surface area contributed by atoms with E-state index in [1.165, 1.54) is 29.5 Å². The highest BCUT2D eigenvalue weighted by molar-refractivity contribution is 7.80. The summed E-state index contributed by atoms with van der Waals surface area (Å²) < 4.78 is 18.6. The van der Waals surface area contributed by atoms with Gasteiger partial charge in [-0.1, -0.05) is 12.7 Å². The summed E-state index contributed by atoms with van der Waals surface area (Å²) in [6.07, 6.45) is 1.52. The molecule has 134 valence electrons. The molecule has 7 heteroatoms. The number of hydrogen-bond acceptors (Lipinski definition) is 4. The number of esters is 1. The van der Waals surface area contributed by atoms with Gasteiger partial charge in [0.15, 0.2) is 5.11 Å². The summed E-state index contributed by atoms with van der Waals surface area (Å²) in [5.41, 5.74) is 2.70. The van der Waals surface area contributed by atoms with Crippen molar-refractivity contribution in [1.29, 1.82) is 0 Å². The molecule has 1 aliphatic heterocycles. The van der Waals surface area contributed by atoms with Crippen LogP contribution in [0.4, 0.5) is 10.1 Å². The van der Waals surface area contributed by atoms with Crippen molar-refractivity contribution >= 4 is 40.3 Å². The maximum atomic E-state index is 13.3. The minimum absolute atomic E-state index is 0.118. The fourth-order valence-electron chi connectivity index (χ4n) is 2.81. The third kappa shape index (κ3) is 3.54. The number of hydrogen-bond donors (Lipinski definition) is 1. The number of nitrogens with zero attached hydrogens (tertiary/aromatic N) is 1. The van der Waals surface area contributed by atoms with Gasteiger partial charge in [-0.3, -0.25) is 4.90 Å². The van der Waals surface area contributed by atoms with Crippen molar-refractivity contribution in [1.82, 2.24) is 5.32 Å². The van der Waals surface area contributed by atoms with Gasteiger partial charge in [-0.2, -0.15) is 11.3 Å². The molecule has 26 heavy (non-hydrogen) atoms. The normalized spacial score (nSPS) is 17.1. The van der Waals surface area contributed by atoms with Crippen molar-refractivity contribution < 1.29 is 13.9 Å². The Kier molecular flexibility index (Phi) is 5.49. The number of benzene rings is 1. The lowest BCUT2D eigenvalue weighted by Crippen LogP contribution is -2.48. The van der Waals surface area contributed by atoms with Crippen LogP contribution in [0, 0.1) is 5.82 Å². The molecule has 1 aromatic heterocycles. The summed E-state index contributed by atoms with van der Waals surface area (Å²) in [6.45, 7) is 5.50. The zero-order valence-electron chi connectivity index (χ0n) is 14.1. The van der Waals surface area contributed by atoms with Crippen molar-refractivity contribution in [3.05, 3.63) is 76.4 Å². The summed E-state index contributed by atoms with van der Waals surface area (Å²) in [6, 6.07) is 7.47. The fraction of sp³-hybridized carbons (Fsp3) is 0.158. The van der Waals surface area contributed by atoms with Crippen molar-refractivity contribution in [2.24, 2.45) is 0 Å². The van der Waals surface area contributed by atoms with E-state index in [4.69, 9.17) is 17.0 Å². The molecule has 1 aliphatic rings. The molecule has 2 heterocycles. The number of allylic oxidation sites excluding steroid dienone is 1. The first-order chi connectivity index (χ1) is 12.5. The van der Waals surface area contributed by atoms with E-state index >= 15 is 0 Å². The van der Waals surface area contributed by atoms with E-state index in [9.17, 15) is 9.18 Å². The van der Waals surface area contributed by atoms with Crippen LogP contribution in [-0.2, 0) is 9.53 Å². The molecular formula is C19H17FN2O2S2. The maximum Gasteiger partial charge on any atom is 0.338 e. The Balaban J connectivity index is 2.08. The first-order valence-electron chi connectivity index (χ1n) is 7.90. The van der Waals surface area contributed by atoms with Gasteiger partial charge in [-0.15, -0.1) is 0 Å². The van der Waals surface area contributed by atoms with Crippen molar-refractivity contribution in [2.45, 2.75) is 13.0 Å². The highest BCUT2D eigenvalue weighted by atomic mass is 32.1. The second kappa shape index (κ2) is 7.80. The standard InChI is InChI=1S/C19H17FN2O2S2/c1-3-9-24-18(23)16-12(2)22(15-6-4-14(20)5-7-15)19(25)21-17(16)13-8-10-26-11-13/h3-8,10-11,17H,1,9H2,2H3,(H,21,25). The number of thiophene rings is 1. The van der Waals surface area contributed by atoms with E-state index in [0.717, 1.165) is 5.56 Å². The summed E-state index contributed by atoms with van der Waals surface area (Å²) in [7, 11) is 0. The monoisotopic (exact) mass is 388 g/mol. The molecule has 0 saturated carbocycles. The van der Waals surface area contributed by atoms with Gasteiger partial charge < -0.3 is 10.1 Å². The second-order valence-electron chi connectivity index (χ2n) is 5.64. The third-order valence-electron chi connectivity index (χ3n) is 4.00. The molecular weight excluding hydrogens is 371 g/mol. The number of ether oxygens (including phenoxy) is 1. The number of rotatable bonds is 5. The minimum atomic E-state index is -0.444. The molecule has 0 spiro atoms. The fourth-order valence-corrected chi connectivity index (χ4v) is 3.86. The Morgan fingerprint density at radius 3 is 2.77 bits per heavy atom. The van der Waals surface area contributed by atoms with Crippen LogP contribution in [0.15, 0.2) is 65.0 Å². The van der Waals surface area contributed by atoms with E-state index in [2.05, 4.69) is 11.9 Å². The molecule has 1 aromatic carbocycles. The number of thiocarbonyl (C=S) groups is 1. The first kappa shape index (κ1) is 18.3. The molecule has 1 N–H and O–H groups in total. The van der Waals surface area contributed by atoms with Crippen LogP contribution in [0.25, 0.3) is 0 Å². The SMILES string of the molecule is C=CCOC(=O)C1=C(C)N(c2ccc(F)cc2)C(=S)NC1c1ccsc1. The Hall–Kier alpha value is -2.51. The van der Waals surface area contributed by atoms with Gasteiger partial charge in [0.05, 0.1) is 11.6 Å². The highest BCUT2D eigenvalue weighted by Crippen LogP contribution is 2.34. The van der Waals surface area contributed by atoms with Crippen molar-refractivity contribution in [3.63, 3.8) is 0 Å². The molecule has 0 radical (unpaired) electrons. The van der Waals surface area contributed by atoms with Gasteiger partial charge in [0.2, 0.25) is 0 Å². The number of carbonyl (C=O) groups is 1. The second-order valence-corrected chi connectivity index (χ2v) is 6.80. The predicted octanol–water partition coefficient (Wildman–Crippen LogP) is 4.33. The summed E-state index contributed by atoms with van der Waals surface area (Å²) in [5.74, 6) is -0.784. The summed E-state index contributed by atoms with van der Waals surface area (Å²) >= 11 is 7.06. The topological polar surface area (TPSA) is 41.6 Å². The van der Waals surface area contributed by atoms with Gasteiger partial charge in [0.1, 0.15) is 12.4 Å². The van der Waals surface area contributed by atoms with E-state index in [1.54, 1.807) is 24.0 Å². The summed E-state index contributed by atoms with van der Waals surface area (Å²) in [5, 5.41) is 7.54. The van der Waals surface area contributed by atoms with E-state index in [0.29, 0.717) is 22.1 Å². The van der Waals surface area contributed by atoms with Crippen LogP contribution < -0.4 is 10.2 Å². The number of halogens is 1. The molecule has 4 nitrogen and oxygen atoms in total. The first-order valence-corrected chi connectivity index (χ1v) is 9.25. The Morgan fingerprint density at radius 1 is 1.42 bits per heavy atom. The van der Waals surface area contributed by atoms with Crippen LogP contribution in [0.3, 0.4) is 0 Å². The van der Waals surface area contributed by atoms with Gasteiger partial charge in [0.25, 0.3) is 0 Å². The smallest absolute Gasteiger partial charge is 0.338 e. The van der Waals surface area contributed by atoms with Crippen LogP contribution in [0.2, 0.25) is 0 Å². The van der Waals surface area contributed by atoms with Crippen LogP contribution in [0.5, 0.6) is 0 Å². The predicted molar refractivity (Wildman–Crippen MR) is 106 cm³/mol. The minimum Gasteiger partial charge on any atom is -0.458 e. The molecule has 1 atom stereocenters. The highest BCUT2D eigenvalue weighted by Gasteiger charge is 2.35. The Bertz CT molecular complexity index is 860. The van der Waals surface area contributed by atoms with Crippen molar-refractivity contribution in [2.75, 3.05) is 11.5 Å². The van der Waals surface area contributed by atoms with Crippen LogP contribution >= 0.6 is 23.6 Å². The van der Waals surface area contributed by atoms with E-state index in [-0.39, 0.29) is 12.4 Å². The van der Waals surface area contributed by atoms with Gasteiger partial charge in [0, 0.05) is 11.4 Å². The lowest BCUT2D eigenvalue weighted by Gasteiger charge is -2.37. The lowest BCUT2D eigenvalue weighted by molar-refractivity contribution is -0.138. The zero-order chi connectivity index (χ0) is 18.7. The molecule has 0 bridgehead atoms. The molecule has 0 saturated heterocycles. The van der Waals surface area contributed by atoms with Gasteiger partial charge >= 0.3 is 5.97 Å². The molecule has 0 amide bonds. The van der Waals surface area contributed by atoms with Crippen molar-refractivity contribution in [3.8, 4) is 0 Å². The Labute approximate surface area is 160 Å². The summed E-state index contributed by atoms with van der Waals surface area (Å²) in [4.78, 5) is 14.4. The maximum absolute atomic E-state index is 13.3. The van der Waals surface area contributed by atoms with Crippen LogP contribution in [0.1, 0.15) is 18.5 Å². The quantitative estimate of drug-likeness (QED) is 0.469. The van der Waals surface area contributed by atoms with Gasteiger partial charge in [-0.05, 0) is 65.8 Å². The molecule has 2 aromatic rings. The number of carbonyl (C=O) groups excluding carboxylic acids is 1. The molecule has 0 aliphatic carbocycles. The van der Waals surface area contributed by atoms with E-state index < -0.39 is 12.0 Å². The van der Waals surface area contributed by atoms with E-state index in [1.807, 2.05) is 16.8 Å². The number of nitrogens with one attached hydrogen (secondary N) is 1. The Morgan fingerprint density at radius 2 is 2.15 bits per heavy atom. The third-order valence-corrected chi connectivity index (χ3v) is 5.00. The molecule has 0 fully saturated rings. The van der Waals surface area contributed by atoms with Crippen LogP contribution in [-0.4, -0.2) is 17.7 Å². The van der Waals surface area contributed by atoms with Gasteiger partial charge in [-0.25, -0.2) is 9.18 Å². The lowest BCUT2D eigenvalue weighted by atomic mass is 9.97. The molecule has 1 unspecified atom stereocenters.